The Kier molecular flexibility index (Phi) is 5.63. The summed E-state index contributed by atoms with van der Waals surface area (Å²) in [6.07, 6.45) is 13.1. The smallest absolute Gasteiger partial charge is 0.137 e. The van der Waals surface area contributed by atoms with Gasteiger partial charge in [-0.15, -0.1) is 13.2 Å². The van der Waals surface area contributed by atoms with Crippen LogP contribution in [-0.4, -0.2) is 16.5 Å². The molecule has 3 aliphatic rings. The Labute approximate surface area is 159 Å². The van der Waals surface area contributed by atoms with Gasteiger partial charge < -0.3 is 5.11 Å². The topological polar surface area (TPSA) is 37.3 Å². The number of fused-ring (bicyclic) bond motifs is 2. The van der Waals surface area contributed by atoms with Crippen molar-refractivity contribution >= 4 is 5.78 Å². The Bertz CT molecular complexity index is 604. The van der Waals surface area contributed by atoms with Crippen LogP contribution in [0.3, 0.4) is 0 Å². The summed E-state index contributed by atoms with van der Waals surface area (Å²) in [7, 11) is 0. The Hall–Kier alpha value is -1.15. The lowest BCUT2D eigenvalue weighted by molar-refractivity contribution is -0.147. The van der Waals surface area contributed by atoms with E-state index in [0.717, 1.165) is 38.5 Å². The van der Waals surface area contributed by atoms with Crippen LogP contribution in [0, 0.1) is 23.2 Å². The second-order valence-electron chi connectivity index (χ2n) is 9.14. The van der Waals surface area contributed by atoms with Crippen LogP contribution < -0.4 is 0 Å². The van der Waals surface area contributed by atoms with Gasteiger partial charge in [0.2, 0.25) is 0 Å². The number of aliphatic hydroxyl groups is 1. The van der Waals surface area contributed by atoms with Gasteiger partial charge in [0.1, 0.15) is 5.78 Å². The predicted molar refractivity (Wildman–Crippen MR) is 108 cm³/mol. The zero-order valence-electron chi connectivity index (χ0n) is 16.7. The molecule has 0 amide bonds. The molecule has 0 heterocycles. The molecule has 0 saturated heterocycles. The minimum Gasteiger partial charge on any atom is -0.389 e. The second-order valence-corrected chi connectivity index (χ2v) is 9.14. The maximum absolute atomic E-state index is 11.9. The molecule has 2 heteroatoms. The van der Waals surface area contributed by atoms with Crippen molar-refractivity contribution in [3.63, 3.8) is 0 Å². The zero-order chi connectivity index (χ0) is 18.9. The van der Waals surface area contributed by atoms with Crippen LogP contribution in [0.1, 0.15) is 78.1 Å². The summed E-state index contributed by atoms with van der Waals surface area (Å²) in [5.41, 5.74) is 2.23. The van der Waals surface area contributed by atoms with Crippen LogP contribution in [0.2, 0.25) is 0 Å². The van der Waals surface area contributed by atoms with Crippen LogP contribution in [-0.2, 0) is 4.79 Å². The molecule has 0 bridgehead atoms. The molecule has 2 nitrogen and oxygen atoms in total. The summed E-state index contributed by atoms with van der Waals surface area (Å²) in [4.78, 5) is 11.9. The van der Waals surface area contributed by atoms with E-state index in [1.807, 2.05) is 12.2 Å². The zero-order valence-corrected chi connectivity index (χ0v) is 16.7. The van der Waals surface area contributed by atoms with Crippen LogP contribution in [0.15, 0.2) is 36.5 Å². The lowest BCUT2D eigenvalue weighted by Crippen LogP contribution is -2.56. The average Bonchev–Trinajstić information content (AvgIpc) is 2.61. The quantitative estimate of drug-likeness (QED) is 0.613. The van der Waals surface area contributed by atoms with E-state index in [9.17, 15) is 9.90 Å². The van der Waals surface area contributed by atoms with Gasteiger partial charge in [-0.3, -0.25) is 4.79 Å². The highest BCUT2D eigenvalue weighted by Gasteiger charge is 2.56. The molecule has 1 fully saturated rings. The van der Waals surface area contributed by atoms with Crippen LogP contribution in [0.5, 0.6) is 0 Å². The fourth-order valence-corrected chi connectivity index (χ4v) is 6.73. The van der Waals surface area contributed by atoms with E-state index in [4.69, 9.17) is 0 Å². The summed E-state index contributed by atoms with van der Waals surface area (Å²) in [6, 6.07) is 0. The predicted octanol–water partition coefficient (Wildman–Crippen LogP) is 5.77. The van der Waals surface area contributed by atoms with Gasteiger partial charge in [0.25, 0.3) is 0 Å². The molecule has 0 radical (unpaired) electrons. The molecular formula is C24H36O2. The first-order valence-corrected chi connectivity index (χ1v) is 10.6. The number of Topliss-reactive ketones (excluding diaryl/α,β-unsaturated/α-hetero) is 1. The van der Waals surface area contributed by atoms with Gasteiger partial charge in [-0.2, -0.15) is 0 Å². The minimum absolute atomic E-state index is 0.103. The van der Waals surface area contributed by atoms with Crippen LogP contribution in [0.4, 0.5) is 0 Å². The molecule has 0 aromatic heterocycles. The van der Waals surface area contributed by atoms with Crippen molar-refractivity contribution in [1.29, 1.82) is 0 Å². The standard InChI is InChI=1S/C24H36O2/c1-5-13-24(26,14-6-2)23(4)15-12-20-19-11-9-18(25)16-17(19)8-10-21(20)22(23)7-3/h5-6,20-22,26H,1-2,7-16H2,3-4H3/t20-,21-,22+,23+/m1/s1. The first-order valence-electron chi connectivity index (χ1n) is 10.6. The Morgan fingerprint density at radius 2 is 1.88 bits per heavy atom. The van der Waals surface area contributed by atoms with Crippen molar-refractivity contribution < 1.29 is 9.90 Å². The molecule has 1 saturated carbocycles. The van der Waals surface area contributed by atoms with Crippen molar-refractivity contribution in [2.24, 2.45) is 23.2 Å². The highest BCUT2D eigenvalue weighted by atomic mass is 16.3. The van der Waals surface area contributed by atoms with Gasteiger partial charge in [0.05, 0.1) is 5.60 Å². The first-order chi connectivity index (χ1) is 12.4. The Morgan fingerprint density at radius 1 is 1.19 bits per heavy atom. The fraction of sp³-hybridized carbons (Fsp3) is 0.708. The van der Waals surface area contributed by atoms with Crippen molar-refractivity contribution in [2.45, 2.75) is 83.7 Å². The van der Waals surface area contributed by atoms with Gasteiger partial charge in [-0.25, -0.2) is 0 Å². The lowest BCUT2D eigenvalue weighted by atomic mass is 9.48. The average molecular weight is 357 g/mol. The third kappa shape index (κ3) is 3.05. The molecule has 144 valence electrons. The number of ketones is 1. The summed E-state index contributed by atoms with van der Waals surface area (Å²) >= 11 is 0. The van der Waals surface area contributed by atoms with Gasteiger partial charge in [0.15, 0.2) is 0 Å². The SMILES string of the molecule is C=CCC(O)(CC=C)[C@@]1(C)CC[C@@H]2C3=C(CC[C@H]2[C@@H]1CC)CC(=O)CC3. The normalized spacial score (nSPS) is 34.9. The molecule has 0 aromatic rings. The van der Waals surface area contributed by atoms with Crippen molar-refractivity contribution in [3.8, 4) is 0 Å². The molecule has 0 aliphatic heterocycles. The molecule has 1 N–H and O–H groups in total. The molecule has 3 aliphatic carbocycles. The molecule has 4 atom stereocenters. The first kappa shape index (κ1) is 19.6. The number of hydrogen-bond donors (Lipinski definition) is 1. The molecule has 3 rings (SSSR count). The van der Waals surface area contributed by atoms with E-state index in [1.165, 1.54) is 12.0 Å². The second kappa shape index (κ2) is 7.46. The number of rotatable bonds is 6. The molecule has 0 spiro atoms. The highest BCUT2D eigenvalue weighted by Crippen LogP contribution is 2.60. The van der Waals surface area contributed by atoms with E-state index in [1.54, 1.807) is 5.57 Å². The van der Waals surface area contributed by atoms with Crippen molar-refractivity contribution in [2.75, 3.05) is 0 Å². The van der Waals surface area contributed by atoms with Crippen molar-refractivity contribution in [1.82, 2.24) is 0 Å². The number of hydrogen-bond acceptors (Lipinski definition) is 2. The third-order valence-corrected chi connectivity index (χ3v) is 8.06. The third-order valence-electron chi connectivity index (χ3n) is 8.06. The van der Waals surface area contributed by atoms with Crippen LogP contribution >= 0.6 is 0 Å². The van der Waals surface area contributed by atoms with E-state index in [2.05, 4.69) is 27.0 Å². The fourth-order valence-electron chi connectivity index (χ4n) is 6.73. The minimum atomic E-state index is -0.751. The summed E-state index contributed by atoms with van der Waals surface area (Å²) in [5.74, 6) is 2.23. The summed E-state index contributed by atoms with van der Waals surface area (Å²) < 4.78 is 0. The van der Waals surface area contributed by atoms with Gasteiger partial charge >= 0.3 is 0 Å². The van der Waals surface area contributed by atoms with Crippen LogP contribution in [0.25, 0.3) is 0 Å². The van der Waals surface area contributed by atoms with Gasteiger partial charge in [-0.1, -0.05) is 43.6 Å². The Morgan fingerprint density at radius 3 is 2.50 bits per heavy atom. The molecular weight excluding hydrogens is 320 g/mol. The Balaban J connectivity index is 1.94. The monoisotopic (exact) mass is 356 g/mol. The van der Waals surface area contributed by atoms with E-state index in [-0.39, 0.29) is 5.41 Å². The lowest BCUT2D eigenvalue weighted by Gasteiger charge is -2.58. The molecule has 0 aromatic carbocycles. The van der Waals surface area contributed by atoms with E-state index < -0.39 is 5.60 Å². The highest BCUT2D eigenvalue weighted by molar-refractivity contribution is 5.82. The largest absolute Gasteiger partial charge is 0.389 e. The number of carbonyl (C=O) groups excluding carboxylic acids is 1. The number of carbonyl (C=O) groups is 1. The summed E-state index contributed by atoms with van der Waals surface area (Å²) in [5, 5.41) is 11.7. The maximum atomic E-state index is 11.9. The molecule has 26 heavy (non-hydrogen) atoms. The van der Waals surface area contributed by atoms with E-state index in [0.29, 0.717) is 42.8 Å². The van der Waals surface area contributed by atoms with Crippen molar-refractivity contribution in [3.05, 3.63) is 36.5 Å². The summed E-state index contributed by atoms with van der Waals surface area (Å²) in [6.45, 7) is 12.4. The van der Waals surface area contributed by atoms with Gasteiger partial charge in [-0.05, 0) is 62.7 Å². The maximum Gasteiger partial charge on any atom is 0.137 e. The van der Waals surface area contributed by atoms with Gasteiger partial charge in [0, 0.05) is 18.3 Å². The molecule has 0 unspecified atom stereocenters. The van der Waals surface area contributed by atoms with E-state index >= 15 is 0 Å². The number of allylic oxidation sites excluding steroid dienone is 2.